The minimum Gasteiger partial charge on any atom is -0.346 e. The van der Waals surface area contributed by atoms with Crippen LogP contribution in [0.15, 0.2) is 0 Å². The summed E-state index contributed by atoms with van der Waals surface area (Å²) in [6.45, 7) is 5.69. The van der Waals surface area contributed by atoms with Gasteiger partial charge in [0.25, 0.3) is 0 Å². The number of carbonyl (C=O) groups excluding carboxylic acids is 2. The number of carbonyl (C=O) groups is 2. The third kappa shape index (κ3) is 4.23. The molecule has 0 aliphatic carbocycles. The Bertz CT molecular complexity index is 221. The van der Waals surface area contributed by atoms with E-state index in [2.05, 4.69) is 5.32 Å². The Morgan fingerprint density at radius 3 is 2.21 bits per heavy atom. The van der Waals surface area contributed by atoms with Crippen molar-refractivity contribution in [2.45, 2.75) is 26.3 Å². The number of hydrogen-bond donors (Lipinski definition) is 2. The van der Waals surface area contributed by atoms with Crippen LogP contribution in [0.2, 0.25) is 0 Å². The molecule has 0 fully saturated rings. The Balaban J connectivity index is 4.04. The maximum atomic E-state index is 11.5. The second-order valence-corrected chi connectivity index (χ2v) is 4.10. The number of hydrogen-bond acceptors (Lipinski definition) is 3. The van der Waals surface area contributed by atoms with Gasteiger partial charge in [0.2, 0.25) is 11.8 Å². The van der Waals surface area contributed by atoms with Crippen molar-refractivity contribution in [2.24, 2.45) is 5.73 Å². The van der Waals surface area contributed by atoms with Gasteiger partial charge in [-0.25, -0.2) is 0 Å². The van der Waals surface area contributed by atoms with Crippen molar-refractivity contribution < 1.29 is 9.59 Å². The van der Waals surface area contributed by atoms with Crippen LogP contribution >= 0.6 is 0 Å². The number of rotatable bonds is 3. The quantitative estimate of drug-likeness (QED) is 0.635. The number of likely N-dealkylation sites (N-methyl/N-ethyl adjacent to an activating group) is 1. The maximum Gasteiger partial charge on any atom is 0.242 e. The zero-order valence-electron chi connectivity index (χ0n) is 9.26. The van der Waals surface area contributed by atoms with Crippen LogP contribution in [0, 0.1) is 0 Å². The number of amides is 2. The van der Waals surface area contributed by atoms with E-state index in [-0.39, 0.29) is 30.4 Å². The molecule has 0 aliphatic rings. The first-order valence-corrected chi connectivity index (χ1v) is 4.52. The van der Waals surface area contributed by atoms with E-state index in [0.29, 0.717) is 0 Å². The number of nitrogens with zero attached hydrogens (tertiary/aromatic N) is 1. The summed E-state index contributed by atoms with van der Waals surface area (Å²) in [6, 6.07) is 0. The molecular formula is C9H19N3O2. The van der Waals surface area contributed by atoms with Crippen LogP contribution in [-0.2, 0) is 9.59 Å². The highest BCUT2D eigenvalue weighted by Gasteiger charge is 2.21. The molecule has 0 saturated heterocycles. The molecule has 0 rings (SSSR count). The monoisotopic (exact) mass is 201 g/mol. The normalized spacial score (nSPS) is 10.9. The topological polar surface area (TPSA) is 75.4 Å². The van der Waals surface area contributed by atoms with Gasteiger partial charge in [-0.2, -0.15) is 0 Å². The molecule has 2 amide bonds. The van der Waals surface area contributed by atoms with Crippen LogP contribution in [0.3, 0.4) is 0 Å². The average Bonchev–Trinajstić information content (AvgIpc) is 2.10. The van der Waals surface area contributed by atoms with E-state index in [1.54, 1.807) is 11.9 Å². The summed E-state index contributed by atoms with van der Waals surface area (Å²) in [5.74, 6) is -0.444. The zero-order chi connectivity index (χ0) is 11.4. The van der Waals surface area contributed by atoms with Gasteiger partial charge in [-0.3, -0.25) is 9.59 Å². The number of nitrogens with two attached hydrogens (primary N) is 1. The molecule has 0 aromatic carbocycles. The number of nitrogens with one attached hydrogen (secondary N) is 1. The van der Waals surface area contributed by atoms with Crippen LogP contribution in [0.25, 0.3) is 0 Å². The Morgan fingerprint density at radius 1 is 1.36 bits per heavy atom. The van der Waals surface area contributed by atoms with Gasteiger partial charge in [0, 0.05) is 12.6 Å². The van der Waals surface area contributed by atoms with Gasteiger partial charge < -0.3 is 16.0 Å². The third-order valence-electron chi connectivity index (χ3n) is 2.00. The van der Waals surface area contributed by atoms with Crippen molar-refractivity contribution >= 4 is 11.8 Å². The molecule has 14 heavy (non-hydrogen) atoms. The van der Waals surface area contributed by atoms with Gasteiger partial charge in [-0.1, -0.05) is 0 Å². The summed E-state index contributed by atoms with van der Waals surface area (Å²) in [5, 5.41) is 2.43. The minimum absolute atomic E-state index is 0.00377. The van der Waals surface area contributed by atoms with E-state index in [1.807, 2.05) is 20.8 Å². The molecule has 0 radical (unpaired) electrons. The SMILES string of the molecule is CN(C(=O)CNC(=O)CN)C(C)(C)C. The molecule has 5 nitrogen and oxygen atoms in total. The second kappa shape index (κ2) is 4.95. The van der Waals surface area contributed by atoms with Crippen molar-refractivity contribution in [1.82, 2.24) is 10.2 Å². The van der Waals surface area contributed by atoms with Crippen LogP contribution in [-0.4, -0.2) is 42.4 Å². The lowest BCUT2D eigenvalue weighted by molar-refractivity contribution is -0.135. The minimum atomic E-state index is -0.319. The van der Waals surface area contributed by atoms with E-state index in [1.165, 1.54) is 0 Å². The first kappa shape index (κ1) is 12.9. The largest absolute Gasteiger partial charge is 0.346 e. The molecule has 0 saturated carbocycles. The van der Waals surface area contributed by atoms with Gasteiger partial charge >= 0.3 is 0 Å². The lowest BCUT2D eigenvalue weighted by Gasteiger charge is -2.32. The second-order valence-electron chi connectivity index (χ2n) is 4.10. The molecule has 82 valence electrons. The lowest BCUT2D eigenvalue weighted by atomic mass is 10.1. The van der Waals surface area contributed by atoms with E-state index in [0.717, 1.165) is 0 Å². The maximum absolute atomic E-state index is 11.5. The molecule has 0 unspecified atom stereocenters. The lowest BCUT2D eigenvalue weighted by Crippen LogP contribution is -2.47. The van der Waals surface area contributed by atoms with Crippen molar-refractivity contribution in [1.29, 1.82) is 0 Å². The fraction of sp³-hybridized carbons (Fsp3) is 0.778. The van der Waals surface area contributed by atoms with Crippen molar-refractivity contribution in [3.05, 3.63) is 0 Å². The molecule has 0 aromatic heterocycles. The van der Waals surface area contributed by atoms with Crippen molar-refractivity contribution in [2.75, 3.05) is 20.1 Å². The van der Waals surface area contributed by atoms with E-state index in [9.17, 15) is 9.59 Å². The Labute approximate surface area is 84.6 Å². The molecule has 0 bridgehead atoms. The summed E-state index contributed by atoms with van der Waals surface area (Å²) in [6.07, 6.45) is 0. The summed E-state index contributed by atoms with van der Waals surface area (Å²) in [4.78, 5) is 23.8. The van der Waals surface area contributed by atoms with E-state index < -0.39 is 0 Å². The molecule has 0 heterocycles. The van der Waals surface area contributed by atoms with Gasteiger partial charge in [-0.05, 0) is 20.8 Å². The summed E-state index contributed by atoms with van der Waals surface area (Å²) < 4.78 is 0. The standard InChI is InChI=1S/C9H19N3O2/c1-9(2,3)12(4)8(14)6-11-7(13)5-10/h5-6,10H2,1-4H3,(H,11,13). The Kier molecular flexibility index (Phi) is 4.56. The summed E-state index contributed by atoms with van der Waals surface area (Å²) in [5.41, 5.74) is 4.85. The highest BCUT2D eigenvalue weighted by atomic mass is 16.2. The van der Waals surface area contributed by atoms with Crippen LogP contribution < -0.4 is 11.1 Å². The zero-order valence-corrected chi connectivity index (χ0v) is 9.26. The third-order valence-corrected chi connectivity index (χ3v) is 2.00. The Hall–Kier alpha value is -1.10. The van der Waals surface area contributed by atoms with Gasteiger partial charge in [0.15, 0.2) is 0 Å². The summed E-state index contributed by atoms with van der Waals surface area (Å²) in [7, 11) is 1.71. The first-order valence-electron chi connectivity index (χ1n) is 4.52. The predicted molar refractivity (Wildman–Crippen MR) is 54.6 cm³/mol. The van der Waals surface area contributed by atoms with Crippen LogP contribution in [0.1, 0.15) is 20.8 Å². The van der Waals surface area contributed by atoms with Gasteiger partial charge in [-0.15, -0.1) is 0 Å². The average molecular weight is 201 g/mol. The van der Waals surface area contributed by atoms with Crippen LogP contribution in [0.4, 0.5) is 0 Å². The molecule has 0 aromatic rings. The summed E-state index contributed by atoms with van der Waals surface area (Å²) >= 11 is 0. The molecule has 0 spiro atoms. The van der Waals surface area contributed by atoms with Crippen molar-refractivity contribution in [3.8, 4) is 0 Å². The molecule has 5 heteroatoms. The Morgan fingerprint density at radius 2 is 1.86 bits per heavy atom. The highest BCUT2D eigenvalue weighted by Crippen LogP contribution is 2.09. The van der Waals surface area contributed by atoms with Crippen LogP contribution in [0.5, 0.6) is 0 Å². The van der Waals surface area contributed by atoms with E-state index in [4.69, 9.17) is 5.73 Å². The fourth-order valence-electron chi connectivity index (χ4n) is 0.739. The van der Waals surface area contributed by atoms with Gasteiger partial charge in [0.1, 0.15) is 0 Å². The molecule has 0 aliphatic heterocycles. The first-order chi connectivity index (χ1) is 6.29. The molecule has 3 N–H and O–H groups in total. The highest BCUT2D eigenvalue weighted by molar-refractivity contribution is 5.85. The molecular weight excluding hydrogens is 182 g/mol. The smallest absolute Gasteiger partial charge is 0.242 e. The van der Waals surface area contributed by atoms with Gasteiger partial charge in [0.05, 0.1) is 13.1 Å². The van der Waals surface area contributed by atoms with E-state index >= 15 is 0 Å². The van der Waals surface area contributed by atoms with Crippen molar-refractivity contribution in [3.63, 3.8) is 0 Å². The fourth-order valence-corrected chi connectivity index (χ4v) is 0.739. The predicted octanol–water partition coefficient (Wildman–Crippen LogP) is -0.682. The molecule has 0 atom stereocenters.